The van der Waals surface area contributed by atoms with Crippen molar-refractivity contribution in [1.29, 1.82) is 0 Å². The summed E-state index contributed by atoms with van der Waals surface area (Å²) in [5, 5.41) is 0. The van der Waals surface area contributed by atoms with Crippen molar-refractivity contribution in [3.05, 3.63) is 95.1 Å². The highest BCUT2D eigenvalue weighted by Crippen LogP contribution is 2.40. The fraction of sp³-hybridized carbons (Fsp3) is 0.296. The molecule has 0 aliphatic carbocycles. The minimum Gasteiger partial charge on any atom is -0.493 e. The number of benzene rings is 2. The summed E-state index contributed by atoms with van der Waals surface area (Å²) in [4.78, 5) is 13.0. The summed E-state index contributed by atoms with van der Waals surface area (Å²) >= 11 is 0. The molecule has 0 N–H and O–H groups in total. The molecule has 1 unspecified atom stereocenters. The average molecular weight is 421 g/mol. The van der Waals surface area contributed by atoms with Gasteiger partial charge in [0.25, 0.3) is 0 Å². The van der Waals surface area contributed by atoms with Gasteiger partial charge in [-0.3, -0.25) is 4.79 Å². The first kappa shape index (κ1) is 24.2. The van der Waals surface area contributed by atoms with E-state index in [-0.39, 0.29) is 11.9 Å². The fourth-order valence-electron chi connectivity index (χ4n) is 3.55. The molecule has 4 heteroatoms. The zero-order chi connectivity index (χ0) is 23.0. The predicted octanol–water partition coefficient (Wildman–Crippen LogP) is 6.63. The Hall–Kier alpha value is -3.11. The Morgan fingerprint density at radius 1 is 1.06 bits per heavy atom. The van der Waals surface area contributed by atoms with E-state index in [1.165, 1.54) is 11.6 Å². The minimum atomic E-state index is -0.356. The van der Waals surface area contributed by atoms with Crippen LogP contribution in [0.1, 0.15) is 54.8 Å². The van der Waals surface area contributed by atoms with Gasteiger partial charge in [0.1, 0.15) is 6.61 Å². The molecule has 0 saturated carbocycles. The molecule has 1 atom stereocenters. The van der Waals surface area contributed by atoms with Gasteiger partial charge >= 0.3 is 0 Å². The highest BCUT2D eigenvalue weighted by Gasteiger charge is 2.26. The summed E-state index contributed by atoms with van der Waals surface area (Å²) in [5.41, 5.74) is 5.40. The number of hydrogen-bond donors (Lipinski definition) is 0. The maximum Gasteiger partial charge on any atom is 0.189 e. The van der Waals surface area contributed by atoms with E-state index in [9.17, 15) is 4.79 Å². The van der Waals surface area contributed by atoms with Crippen LogP contribution in [0.5, 0.6) is 11.5 Å². The molecular weight excluding hydrogens is 388 g/mol. The van der Waals surface area contributed by atoms with Crippen molar-refractivity contribution in [2.45, 2.75) is 39.9 Å². The zero-order valence-electron chi connectivity index (χ0n) is 19.2. The molecule has 0 radical (unpaired) electrons. The standard InChI is InChI=1S/C27H32O4/c1-8-23(28)26-21(25(30-7)16-22(18(2)3)19(4)5)14-15-24(29-6)27(26)31-17-20-12-10-9-11-13-20/h8-15,25H,1-2,16-17H2,3-7H3. The van der Waals surface area contributed by atoms with Crippen LogP contribution in [0.3, 0.4) is 0 Å². The molecule has 0 bridgehead atoms. The molecule has 164 valence electrons. The second-order valence-corrected chi connectivity index (χ2v) is 7.59. The molecule has 2 aromatic rings. The third-order valence-corrected chi connectivity index (χ3v) is 5.17. The molecule has 31 heavy (non-hydrogen) atoms. The van der Waals surface area contributed by atoms with Gasteiger partial charge in [0, 0.05) is 13.5 Å². The van der Waals surface area contributed by atoms with E-state index in [4.69, 9.17) is 14.2 Å². The van der Waals surface area contributed by atoms with Crippen LogP contribution in [-0.4, -0.2) is 20.0 Å². The topological polar surface area (TPSA) is 44.8 Å². The monoisotopic (exact) mass is 420 g/mol. The minimum absolute atomic E-state index is 0.243. The van der Waals surface area contributed by atoms with Gasteiger partial charge in [-0.25, -0.2) is 0 Å². The number of hydrogen-bond acceptors (Lipinski definition) is 4. The third-order valence-electron chi connectivity index (χ3n) is 5.17. The normalized spacial score (nSPS) is 11.4. The molecule has 0 aliphatic heterocycles. The van der Waals surface area contributed by atoms with Crippen molar-refractivity contribution in [1.82, 2.24) is 0 Å². The summed E-state index contributed by atoms with van der Waals surface area (Å²) < 4.78 is 17.5. The predicted molar refractivity (Wildman–Crippen MR) is 126 cm³/mol. The molecule has 4 nitrogen and oxygen atoms in total. The first-order valence-electron chi connectivity index (χ1n) is 10.2. The number of allylic oxidation sites excluding steroid dienone is 3. The molecule has 0 saturated heterocycles. The van der Waals surface area contributed by atoms with Crippen molar-refractivity contribution in [2.24, 2.45) is 0 Å². The van der Waals surface area contributed by atoms with Crippen molar-refractivity contribution in [2.75, 3.05) is 14.2 Å². The molecule has 2 aromatic carbocycles. The van der Waals surface area contributed by atoms with Crippen LogP contribution in [0.2, 0.25) is 0 Å². The number of methoxy groups -OCH3 is 2. The van der Waals surface area contributed by atoms with Crippen LogP contribution in [0.4, 0.5) is 0 Å². The number of carbonyl (C=O) groups is 1. The largest absolute Gasteiger partial charge is 0.493 e. The van der Waals surface area contributed by atoms with Crippen LogP contribution < -0.4 is 9.47 Å². The lowest BCUT2D eigenvalue weighted by Gasteiger charge is -2.24. The summed E-state index contributed by atoms with van der Waals surface area (Å²) in [6.07, 6.45) is 1.53. The number of ketones is 1. The lowest BCUT2D eigenvalue weighted by molar-refractivity contribution is 0.0962. The zero-order valence-corrected chi connectivity index (χ0v) is 19.2. The second-order valence-electron chi connectivity index (χ2n) is 7.59. The maximum absolute atomic E-state index is 13.0. The van der Waals surface area contributed by atoms with Crippen molar-refractivity contribution in [3.8, 4) is 11.5 Å². The van der Waals surface area contributed by atoms with E-state index in [1.54, 1.807) is 14.2 Å². The highest BCUT2D eigenvalue weighted by molar-refractivity contribution is 6.08. The van der Waals surface area contributed by atoms with Crippen LogP contribution in [0.25, 0.3) is 0 Å². The van der Waals surface area contributed by atoms with Gasteiger partial charge in [-0.15, -0.1) is 0 Å². The number of carbonyl (C=O) groups excluding carboxylic acids is 1. The van der Waals surface area contributed by atoms with Crippen LogP contribution >= 0.6 is 0 Å². The van der Waals surface area contributed by atoms with Crippen molar-refractivity contribution >= 4 is 5.78 Å². The summed E-state index contributed by atoms with van der Waals surface area (Å²) in [6, 6.07) is 13.4. The Labute approximate surface area is 185 Å². The average Bonchev–Trinajstić information content (AvgIpc) is 2.77. The Morgan fingerprint density at radius 3 is 2.26 bits per heavy atom. The molecule has 0 aliphatic rings. The molecule has 0 spiro atoms. The number of ether oxygens (including phenoxy) is 3. The van der Waals surface area contributed by atoms with Crippen LogP contribution in [0, 0.1) is 0 Å². The molecule has 0 heterocycles. The van der Waals surface area contributed by atoms with Crippen LogP contribution in [0.15, 0.2) is 78.4 Å². The Morgan fingerprint density at radius 2 is 1.74 bits per heavy atom. The Balaban J connectivity index is 2.58. The molecular formula is C27H32O4. The molecule has 2 rings (SSSR count). The van der Waals surface area contributed by atoms with Gasteiger partial charge in [0.05, 0.1) is 18.8 Å². The van der Waals surface area contributed by atoms with Gasteiger partial charge in [-0.2, -0.15) is 0 Å². The first-order chi connectivity index (χ1) is 14.8. The summed E-state index contributed by atoms with van der Waals surface area (Å²) in [5.74, 6) is 0.639. The molecule has 0 amide bonds. The van der Waals surface area contributed by atoms with Crippen LogP contribution in [-0.2, 0) is 11.3 Å². The van der Waals surface area contributed by atoms with Crippen molar-refractivity contribution in [3.63, 3.8) is 0 Å². The highest BCUT2D eigenvalue weighted by atomic mass is 16.5. The second kappa shape index (κ2) is 11.3. The van der Waals surface area contributed by atoms with E-state index in [0.717, 1.165) is 22.3 Å². The van der Waals surface area contributed by atoms with E-state index in [1.807, 2.05) is 49.4 Å². The third kappa shape index (κ3) is 5.96. The Kier molecular flexibility index (Phi) is 8.83. The van der Waals surface area contributed by atoms with E-state index in [0.29, 0.717) is 30.1 Å². The van der Waals surface area contributed by atoms with Crippen molar-refractivity contribution < 1.29 is 19.0 Å². The van der Waals surface area contributed by atoms with Gasteiger partial charge in [0.2, 0.25) is 0 Å². The van der Waals surface area contributed by atoms with Gasteiger partial charge < -0.3 is 14.2 Å². The summed E-state index contributed by atoms with van der Waals surface area (Å²) in [6.45, 7) is 14.2. The fourth-order valence-corrected chi connectivity index (χ4v) is 3.55. The number of rotatable bonds is 11. The quantitative estimate of drug-likeness (QED) is 0.232. The van der Waals surface area contributed by atoms with Gasteiger partial charge in [0.15, 0.2) is 17.3 Å². The van der Waals surface area contributed by atoms with E-state index in [2.05, 4.69) is 27.0 Å². The van der Waals surface area contributed by atoms with E-state index < -0.39 is 0 Å². The van der Waals surface area contributed by atoms with E-state index >= 15 is 0 Å². The first-order valence-corrected chi connectivity index (χ1v) is 10.2. The lowest BCUT2D eigenvalue weighted by atomic mass is 9.90. The summed E-state index contributed by atoms with van der Waals surface area (Å²) in [7, 11) is 3.20. The molecule has 0 aromatic heterocycles. The SMILES string of the molecule is C=CC(=O)c1c(C(CC(C(=C)C)=C(C)C)OC)ccc(OC)c1OCc1ccccc1. The smallest absolute Gasteiger partial charge is 0.189 e. The maximum atomic E-state index is 13.0. The van der Waals surface area contributed by atoms with Gasteiger partial charge in [-0.05, 0) is 49.6 Å². The lowest BCUT2D eigenvalue weighted by Crippen LogP contribution is -2.13. The Bertz CT molecular complexity index is 966. The molecule has 0 fully saturated rings. The van der Waals surface area contributed by atoms with Gasteiger partial charge in [-0.1, -0.05) is 60.7 Å².